The van der Waals surface area contributed by atoms with Gasteiger partial charge in [-0.2, -0.15) is 0 Å². The Hall–Kier alpha value is -2.01. The maximum absolute atomic E-state index is 12.6. The molecule has 0 radical (unpaired) electrons. The van der Waals surface area contributed by atoms with Crippen LogP contribution in [-0.4, -0.2) is 37.0 Å². The number of rotatable bonds is 2. The second-order valence-electron chi connectivity index (χ2n) is 5.35. The molecule has 0 aromatic heterocycles. The Morgan fingerprint density at radius 3 is 2.36 bits per heavy atom. The van der Waals surface area contributed by atoms with E-state index in [2.05, 4.69) is 33.0 Å². The Balaban J connectivity index is 1.68. The average Bonchev–Trinajstić information content (AvgIpc) is 2.57. The maximum atomic E-state index is 12.6. The molecular weight excluding hydrogens is 342 g/mol. The molecule has 0 aliphatic carbocycles. The van der Waals surface area contributed by atoms with Crippen LogP contribution in [0.4, 0.5) is 11.4 Å². The number of halogens is 1. The predicted octanol–water partition coefficient (Wildman–Crippen LogP) is 2.99. The van der Waals surface area contributed by atoms with Crippen LogP contribution >= 0.6 is 15.9 Å². The summed E-state index contributed by atoms with van der Waals surface area (Å²) in [4.78, 5) is 16.8. The highest BCUT2D eigenvalue weighted by Gasteiger charge is 2.23. The minimum absolute atomic E-state index is 0.00603. The minimum Gasteiger partial charge on any atom is -0.398 e. The van der Waals surface area contributed by atoms with Crippen LogP contribution in [0.1, 0.15) is 10.4 Å². The third kappa shape index (κ3) is 3.09. The molecule has 0 bridgehead atoms. The van der Waals surface area contributed by atoms with Gasteiger partial charge in [0.15, 0.2) is 0 Å². The number of nitrogens with two attached hydrogens (primary N) is 1. The molecule has 3 rings (SSSR count). The fraction of sp³-hybridized carbons (Fsp3) is 0.235. The van der Waals surface area contributed by atoms with E-state index >= 15 is 0 Å². The van der Waals surface area contributed by atoms with Crippen LogP contribution < -0.4 is 10.6 Å². The Bertz CT molecular complexity index is 667. The van der Waals surface area contributed by atoms with Gasteiger partial charge in [0.25, 0.3) is 5.91 Å². The van der Waals surface area contributed by atoms with E-state index in [1.807, 2.05) is 29.2 Å². The number of anilines is 2. The zero-order valence-electron chi connectivity index (χ0n) is 12.2. The number of para-hydroxylation sites is 1. The Morgan fingerprint density at radius 2 is 1.68 bits per heavy atom. The maximum Gasteiger partial charge on any atom is 0.256 e. The highest BCUT2D eigenvalue weighted by atomic mass is 79.9. The molecule has 1 amide bonds. The minimum atomic E-state index is 0.00603. The number of nitrogens with zero attached hydrogens (tertiary/aromatic N) is 2. The van der Waals surface area contributed by atoms with Crippen LogP contribution in [0.15, 0.2) is 53.0 Å². The summed E-state index contributed by atoms with van der Waals surface area (Å²) in [7, 11) is 0. The summed E-state index contributed by atoms with van der Waals surface area (Å²) in [5, 5.41) is 0. The van der Waals surface area contributed by atoms with Crippen LogP contribution in [-0.2, 0) is 0 Å². The number of hydrogen-bond donors (Lipinski definition) is 1. The van der Waals surface area contributed by atoms with Crippen LogP contribution in [0.5, 0.6) is 0 Å². The first-order valence-electron chi connectivity index (χ1n) is 7.29. The number of hydrogen-bond acceptors (Lipinski definition) is 3. The molecule has 114 valence electrons. The molecular formula is C17H18BrN3O. The molecule has 0 atom stereocenters. The summed E-state index contributed by atoms with van der Waals surface area (Å²) in [6, 6.07) is 15.7. The number of benzene rings is 2. The van der Waals surface area contributed by atoms with Gasteiger partial charge in [0.1, 0.15) is 0 Å². The summed E-state index contributed by atoms with van der Waals surface area (Å²) < 4.78 is 0.868. The number of piperazine rings is 1. The predicted molar refractivity (Wildman–Crippen MR) is 93.1 cm³/mol. The van der Waals surface area contributed by atoms with Crippen molar-refractivity contribution in [3.05, 3.63) is 58.6 Å². The lowest BCUT2D eigenvalue weighted by Crippen LogP contribution is -2.48. The number of carbonyl (C=O) groups is 1. The molecule has 0 unspecified atom stereocenters. The van der Waals surface area contributed by atoms with Crippen molar-refractivity contribution in [3.8, 4) is 0 Å². The van der Waals surface area contributed by atoms with Gasteiger partial charge in [0, 0.05) is 42.0 Å². The topological polar surface area (TPSA) is 49.6 Å². The van der Waals surface area contributed by atoms with Gasteiger partial charge < -0.3 is 15.5 Å². The lowest BCUT2D eigenvalue weighted by atomic mass is 10.1. The van der Waals surface area contributed by atoms with Gasteiger partial charge in [-0.25, -0.2) is 0 Å². The summed E-state index contributed by atoms with van der Waals surface area (Å²) in [6.07, 6.45) is 0. The summed E-state index contributed by atoms with van der Waals surface area (Å²) in [5.74, 6) is 0.00603. The van der Waals surface area contributed by atoms with E-state index in [1.165, 1.54) is 5.69 Å². The first-order chi connectivity index (χ1) is 10.6. The molecule has 22 heavy (non-hydrogen) atoms. The molecule has 5 heteroatoms. The summed E-state index contributed by atoms with van der Waals surface area (Å²) in [6.45, 7) is 3.09. The molecule has 0 spiro atoms. The summed E-state index contributed by atoms with van der Waals surface area (Å²) in [5.41, 5.74) is 8.24. The molecule has 4 nitrogen and oxygen atoms in total. The molecule has 1 aliphatic rings. The van der Waals surface area contributed by atoms with E-state index in [1.54, 1.807) is 12.1 Å². The van der Waals surface area contributed by atoms with E-state index in [4.69, 9.17) is 5.73 Å². The quantitative estimate of drug-likeness (QED) is 0.838. The van der Waals surface area contributed by atoms with Crippen LogP contribution in [0.25, 0.3) is 0 Å². The molecule has 2 aromatic rings. The van der Waals surface area contributed by atoms with E-state index in [0.717, 1.165) is 17.6 Å². The van der Waals surface area contributed by atoms with Crippen molar-refractivity contribution in [2.75, 3.05) is 36.8 Å². The second-order valence-corrected chi connectivity index (χ2v) is 6.26. The Kier molecular flexibility index (Phi) is 4.34. The number of nitrogen functional groups attached to an aromatic ring is 1. The van der Waals surface area contributed by atoms with Crippen molar-refractivity contribution in [1.82, 2.24) is 4.90 Å². The van der Waals surface area contributed by atoms with Crippen molar-refractivity contribution in [2.24, 2.45) is 0 Å². The Labute approximate surface area is 138 Å². The van der Waals surface area contributed by atoms with Crippen molar-refractivity contribution in [3.63, 3.8) is 0 Å². The van der Waals surface area contributed by atoms with Crippen molar-refractivity contribution < 1.29 is 4.79 Å². The fourth-order valence-corrected chi connectivity index (χ4v) is 3.05. The third-order valence-electron chi connectivity index (χ3n) is 3.93. The molecule has 1 heterocycles. The fourth-order valence-electron chi connectivity index (χ4n) is 2.69. The summed E-state index contributed by atoms with van der Waals surface area (Å²) >= 11 is 3.39. The number of amides is 1. The zero-order valence-corrected chi connectivity index (χ0v) is 13.8. The molecule has 0 saturated carbocycles. The first-order valence-corrected chi connectivity index (χ1v) is 8.09. The first kappa shape index (κ1) is 14.9. The smallest absolute Gasteiger partial charge is 0.256 e. The normalized spacial score (nSPS) is 15.0. The van der Waals surface area contributed by atoms with E-state index in [0.29, 0.717) is 24.3 Å². The van der Waals surface area contributed by atoms with Gasteiger partial charge in [-0.1, -0.05) is 34.1 Å². The Morgan fingerprint density at radius 1 is 1.00 bits per heavy atom. The van der Waals surface area contributed by atoms with Crippen molar-refractivity contribution in [2.45, 2.75) is 0 Å². The largest absolute Gasteiger partial charge is 0.398 e. The van der Waals surface area contributed by atoms with Gasteiger partial charge in [0.05, 0.1) is 5.56 Å². The third-order valence-corrected chi connectivity index (χ3v) is 4.43. The van der Waals surface area contributed by atoms with Crippen LogP contribution in [0.2, 0.25) is 0 Å². The zero-order chi connectivity index (χ0) is 15.5. The highest BCUT2D eigenvalue weighted by Crippen LogP contribution is 2.22. The van der Waals surface area contributed by atoms with Crippen molar-refractivity contribution in [1.29, 1.82) is 0 Å². The van der Waals surface area contributed by atoms with Crippen LogP contribution in [0, 0.1) is 0 Å². The van der Waals surface area contributed by atoms with E-state index in [9.17, 15) is 4.79 Å². The molecule has 1 fully saturated rings. The standard InChI is InChI=1S/C17H18BrN3O/c18-13-6-7-16(19)15(12-13)17(22)21-10-8-20(9-11-21)14-4-2-1-3-5-14/h1-7,12H,8-11,19H2. The van der Waals surface area contributed by atoms with E-state index < -0.39 is 0 Å². The molecule has 1 aliphatic heterocycles. The molecule has 1 saturated heterocycles. The second kappa shape index (κ2) is 6.40. The number of carbonyl (C=O) groups excluding carboxylic acids is 1. The molecule has 2 N–H and O–H groups in total. The SMILES string of the molecule is Nc1ccc(Br)cc1C(=O)N1CCN(c2ccccc2)CC1. The lowest BCUT2D eigenvalue weighted by molar-refractivity contribution is 0.0748. The van der Waals surface area contributed by atoms with Gasteiger partial charge in [0.2, 0.25) is 0 Å². The van der Waals surface area contributed by atoms with Gasteiger partial charge in [-0.3, -0.25) is 4.79 Å². The van der Waals surface area contributed by atoms with Gasteiger partial charge in [-0.05, 0) is 30.3 Å². The van der Waals surface area contributed by atoms with Crippen molar-refractivity contribution >= 4 is 33.2 Å². The monoisotopic (exact) mass is 359 g/mol. The average molecular weight is 360 g/mol. The van der Waals surface area contributed by atoms with Gasteiger partial charge >= 0.3 is 0 Å². The lowest BCUT2D eigenvalue weighted by Gasteiger charge is -2.36. The van der Waals surface area contributed by atoms with E-state index in [-0.39, 0.29) is 5.91 Å². The van der Waals surface area contributed by atoms with Crippen LogP contribution in [0.3, 0.4) is 0 Å². The molecule has 2 aromatic carbocycles. The highest BCUT2D eigenvalue weighted by molar-refractivity contribution is 9.10. The van der Waals surface area contributed by atoms with Gasteiger partial charge in [-0.15, -0.1) is 0 Å².